The molecule has 0 spiro atoms. The van der Waals surface area contributed by atoms with Crippen molar-refractivity contribution in [3.05, 3.63) is 65.4 Å². The summed E-state index contributed by atoms with van der Waals surface area (Å²) in [5, 5.41) is 1.18. The van der Waals surface area contributed by atoms with Crippen molar-refractivity contribution in [3.8, 4) is 5.75 Å². The Morgan fingerprint density at radius 1 is 1.00 bits per heavy atom. The molecule has 2 nitrogen and oxygen atoms in total. The van der Waals surface area contributed by atoms with Crippen LogP contribution in [-0.2, 0) is 6.54 Å². The van der Waals surface area contributed by atoms with E-state index >= 15 is 0 Å². The van der Waals surface area contributed by atoms with Gasteiger partial charge in [0.25, 0.3) is 0 Å². The molecule has 0 atom stereocenters. The van der Waals surface area contributed by atoms with E-state index in [1.54, 1.807) is 0 Å². The smallest absolute Gasteiger partial charge is 0.128 e. The van der Waals surface area contributed by atoms with E-state index in [4.69, 9.17) is 4.74 Å². The van der Waals surface area contributed by atoms with Crippen LogP contribution < -0.4 is 4.74 Å². The zero-order valence-electron chi connectivity index (χ0n) is 12.9. The summed E-state index contributed by atoms with van der Waals surface area (Å²) in [6.45, 7) is 7.91. The first-order valence-corrected chi connectivity index (χ1v) is 7.45. The third kappa shape index (κ3) is 2.80. The molecular weight excluding hydrogens is 258 g/mol. The van der Waals surface area contributed by atoms with Crippen LogP contribution in [0.5, 0.6) is 5.75 Å². The van der Waals surface area contributed by atoms with E-state index in [1.807, 2.05) is 13.0 Å². The Morgan fingerprint density at radius 3 is 2.48 bits per heavy atom. The molecule has 3 aromatic rings. The predicted octanol–water partition coefficient (Wildman–Crippen LogP) is 4.71. The number of nitrogens with zero attached hydrogens (tertiary/aromatic N) is 1. The molecule has 0 aliphatic heterocycles. The quantitative estimate of drug-likeness (QED) is 0.675. The van der Waals surface area contributed by atoms with Crippen LogP contribution in [0.4, 0.5) is 0 Å². The number of hydrogen-bond donors (Lipinski definition) is 0. The van der Waals surface area contributed by atoms with Crippen LogP contribution in [-0.4, -0.2) is 11.2 Å². The normalized spacial score (nSPS) is 11.0. The molecule has 1 aromatic heterocycles. The molecule has 0 radical (unpaired) electrons. The molecule has 1 heterocycles. The van der Waals surface area contributed by atoms with Gasteiger partial charge < -0.3 is 9.30 Å². The topological polar surface area (TPSA) is 14.2 Å². The number of aromatic nitrogens is 1. The molecule has 0 amide bonds. The first-order chi connectivity index (χ1) is 10.2. The highest BCUT2D eigenvalue weighted by atomic mass is 16.5. The number of rotatable bonds is 4. The summed E-state index contributed by atoms with van der Waals surface area (Å²) in [6, 6.07) is 15.1. The molecule has 0 N–H and O–H groups in total. The van der Waals surface area contributed by atoms with Crippen LogP contribution in [0.15, 0.2) is 48.7 Å². The Balaban J connectivity index is 1.99. The second-order valence-corrected chi connectivity index (χ2v) is 5.56. The first kappa shape index (κ1) is 13.7. The molecule has 3 rings (SSSR count). The lowest BCUT2D eigenvalue weighted by molar-refractivity contribution is 0.344. The van der Waals surface area contributed by atoms with Gasteiger partial charge in [0.05, 0.1) is 12.1 Å². The van der Waals surface area contributed by atoms with E-state index < -0.39 is 0 Å². The number of ether oxygens (including phenoxy) is 1. The third-order valence-electron chi connectivity index (χ3n) is 3.71. The van der Waals surface area contributed by atoms with Gasteiger partial charge >= 0.3 is 0 Å². The van der Waals surface area contributed by atoms with Gasteiger partial charge in [0.1, 0.15) is 5.75 Å². The summed E-state index contributed by atoms with van der Waals surface area (Å²) in [5.74, 6) is 0.967. The third-order valence-corrected chi connectivity index (χ3v) is 3.71. The number of hydrogen-bond acceptors (Lipinski definition) is 1. The van der Waals surface area contributed by atoms with E-state index in [0.717, 1.165) is 12.3 Å². The second-order valence-electron chi connectivity index (χ2n) is 5.56. The highest BCUT2D eigenvalue weighted by Crippen LogP contribution is 2.27. The van der Waals surface area contributed by atoms with Crippen molar-refractivity contribution < 1.29 is 4.74 Å². The van der Waals surface area contributed by atoms with Crippen LogP contribution in [0.3, 0.4) is 0 Å². The standard InChI is InChI=1S/C19H21NO/c1-4-21-19-7-5-6-18-17(19)8-9-20(18)13-16-11-14(2)10-15(3)12-16/h5-12H,4,13H2,1-3H3. The lowest BCUT2D eigenvalue weighted by atomic mass is 10.1. The van der Waals surface area contributed by atoms with E-state index in [0.29, 0.717) is 6.61 Å². The average Bonchev–Trinajstić information content (AvgIpc) is 2.82. The summed E-state index contributed by atoms with van der Waals surface area (Å²) in [4.78, 5) is 0. The largest absolute Gasteiger partial charge is 0.493 e. The van der Waals surface area contributed by atoms with E-state index in [1.165, 1.54) is 27.6 Å². The van der Waals surface area contributed by atoms with Crippen LogP contribution >= 0.6 is 0 Å². The van der Waals surface area contributed by atoms with Crippen LogP contribution in [0, 0.1) is 13.8 Å². The average molecular weight is 279 g/mol. The Morgan fingerprint density at radius 2 is 1.76 bits per heavy atom. The maximum Gasteiger partial charge on any atom is 0.128 e. The minimum atomic E-state index is 0.696. The summed E-state index contributed by atoms with van der Waals surface area (Å²) < 4.78 is 7.99. The highest BCUT2D eigenvalue weighted by molar-refractivity contribution is 5.86. The number of benzene rings is 2. The molecule has 0 bridgehead atoms. The molecule has 0 saturated carbocycles. The lowest BCUT2D eigenvalue weighted by Gasteiger charge is -2.09. The van der Waals surface area contributed by atoms with Gasteiger partial charge in [-0.15, -0.1) is 0 Å². The zero-order chi connectivity index (χ0) is 14.8. The molecule has 0 aliphatic carbocycles. The fraction of sp³-hybridized carbons (Fsp3) is 0.263. The van der Waals surface area contributed by atoms with Crippen molar-refractivity contribution >= 4 is 10.9 Å². The van der Waals surface area contributed by atoms with Crippen molar-refractivity contribution in [2.45, 2.75) is 27.3 Å². The van der Waals surface area contributed by atoms with Crippen LogP contribution in [0.25, 0.3) is 10.9 Å². The molecule has 2 heteroatoms. The maximum atomic E-state index is 5.71. The summed E-state index contributed by atoms with van der Waals surface area (Å²) in [5.41, 5.74) is 5.19. The maximum absolute atomic E-state index is 5.71. The van der Waals surface area contributed by atoms with Crippen molar-refractivity contribution in [1.29, 1.82) is 0 Å². The Hall–Kier alpha value is -2.22. The lowest BCUT2D eigenvalue weighted by Crippen LogP contribution is -1.99. The van der Waals surface area contributed by atoms with Crippen molar-refractivity contribution in [3.63, 3.8) is 0 Å². The van der Waals surface area contributed by atoms with Crippen LogP contribution in [0.2, 0.25) is 0 Å². The molecule has 0 unspecified atom stereocenters. The molecule has 108 valence electrons. The van der Waals surface area contributed by atoms with Crippen LogP contribution in [0.1, 0.15) is 23.6 Å². The molecule has 0 saturated heterocycles. The van der Waals surface area contributed by atoms with E-state index in [-0.39, 0.29) is 0 Å². The first-order valence-electron chi connectivity index (χ1n) is 7.45. The minimum Gasteiger partial charge on any atom is -0.493 e. The van der Waals surface area contributed by atoms with Gasteiger partial charge in [-0.3, -0.25) is 0 Å². The summed E-state index contributed by atoms with van der Waals surface area (Å²) in [7, 11) is 0. The number of fused-ring (bicyclic) bond motifs is 1. The van der Waals surface area contributed by atoms with E-state index in [2.05, 4.69) is 61.0 Å². The predicted molar refractivity (Wildman–Crippen MR) is 88.1 cm³/mol. The monoisotopic (exact) mass is 279 g/mol. The SMILES string of the molecule is CCOc1cccc2c1ccn2Cc1cc(C)cc(C)c1. The van der Waals surface area contributed by atoms with Crippen molar-refractivity contribution in [2.24, 2.45) is 0 Å². The Bertz CT molecular complexity index is 750. The Labute approximate surface area is 126 Å². The number of aryl methyl sites for hydroxylation is 2. The summed E-state index contributed by atoms with van der Waals surface area (Å²) in [6.07, 6.45) is 2.14. The molecule has 0 fully saturated rings. The van der Waals surface area contributed by atoms with Gasteiger partial charge in [0.2, 0.25) is 0 Å². The van der Waals surface area contributed by atoms with Crippen molar-refractivity contribution in [2.75, 3.05) is 6.61 Å². The molecular formula is C19H21NO. The van der Waals surface area contributed by atoms with Crippen molar-refractivity contribution in [1.82, 2.24) is 4.57 Å². The van der Waals surface area contributed by atoms with E-state index in [9.17, 15) is 0 Å². The molecule has 0 aliphatic rings. The molecule has 2 aromatic carbocycles. The highest BCUT2D eigenvalue weighted by Gasteiger charge is 2.07. The van der Waals surface area contributed by atoms with Gasteiger partial charge in [-0.25, -0.2) is 0 Å². The van der Waals surface area contributed by atoms with Gasteiger partial charge in [0.15, 0.2) is 0 Å². The Kier molecular flexibility index (Phi) is 3.70. The summed E-state index contributed by atoms with van der Waals surface area (Å²) >= 11 is 0. The fourth-order valence-corrected chi connectivity index (χ4v) is 2.97. The molecule has 21 heavy (non-hydrogen) atoms. The van der Waals surface area contributed by atoms with Gasteiger partial charge in [0, 0.05) is 18.1 Å². The fourth-order valence-electron chi connectivity index (χ4n) is 2.97. The minimum absolute atomic E-state index is 0.696. The zero-order valence-corrected chi connectivity index (χ0v) is 12.9. The second kappa shape index (κ2) is 5.65. The van der Waals surface area contributed by atoms with Gasteiger partial charge in [-0.05, 0) is 44.5 Å². The van der Waals surface area contributed by atoms with Gasteiger partial charge in [-0.1, -0.05) is 35.4 Å². The van der Waals surface area contributed by atoms with Gasteiger partial charge in [-0.2, -0.15) is 0 Å².